The van der Waals surface area contributed by atoms with Gasteiger partial charge >= 0.3 is 0 Å². The van der Waals surface area contributed by atoms with Crippen LogP contribution in [0.15, 0.2) is 60.7 Å². The highest BCUT2D eigenvalue weighted by Gasteiger charge is 2.31. The van der Waals surface area contributed by atoms with Crippen LogP contribution in [0.25, 0.3) is 43.1 Å². The molecule has 0 aliphatic carbocycles. The molecule has 0 aromatic heterocycles. The Kier molecular flexibility index (Phi) is 2.32. The van der Waals surface area contributed by atoms with Crippen molar-refractivity contribution in [3.63, 3.8) is 0 Å². The largest absolute Gasteiger partial charge is 0.277 e. The molecule has 0 saturated heterocycles. The molecule has 0 atom stereocenters. The second-order valence-corrected chi connectivity index (χ2v) is 6.95. The van der Waals surface area contributed by atoms with E-state index >= 15 is 0 Å². The Morgan fingerprint density at radius 1 is 0.577 bits per heavy atom. The lowest BCUT2D eigenvalue weighted by molar-refractivity contribution is 0.0651. The minimum atomic E-state index is -0.233. The number of benzene rings is 5. The van der Waals surface area contributed by atoms with Crippen molar-refractivity contribution in [2.45, 2.75) is 0 Å². The van der Waals surface area contributed by atoms with E-state index in [9.17, 15) is 9.59 Å². The molecule has 0 spiro atoms. The maximum atomic E-state index is 12.7. The molecule has 0 bridgehead atoms. The number of imide groups is 1. The second-order valence-electron chi connectivity index (χ2n) is 6.95. The summed E-state index contributed by atoms with van der Waals surface area (Å²) in [6.45, 7) is 0. The fraction of sp³-hybridized carbons (Fsp3) is 0.0435. The van der Waals surface area contributed by atoms with E-state index < -0.39 is 0 Å². The molecule has 26 heavy (non-hydrogen) atoms. The van der Waals surface area contributed by atoms with Crippen LogP contribution in [0.5, 0.6) is 0 Å². The first kappa shape index (κ1) is 13.8. The summed E-state index contributed by atoms with van der Waals surface area (Å²) < 4.78 is 0. The summed E-state index contributed by atoms with van der Waals surface area (Å²) >= 11 is 0. The first-order chi connectivity index (χ1) is 12.7. The first-order valence-corrected chi connectivity index (χ1v) is 8.61. The van der Waals surface area contributed by atoms with Crippen molar-refractivity contribution in [1.29, 1.82) is 0 Å². The van der Waals surface area contributed by atoms with Gasteiger partial charge < -0.3 is 0 Å². The lowest BCUT2D eigenvalue weighted by Gasteiger charge is -2.25. The Bertz CT molecular complexity index is 1330. The Labute approximate surface area is 148 Å². The van der Waals surface area contributed by atoms with Gasteiger partial charge in [0.1, 0.15) is 0 Å². The van der Waals surface area contributed by atoms with Gasteiger partial charge in [0.15, 0.2) is 0 Å². The van der Waals surface area contributed by atoms with Crippen LogP contribution in [0.3, 0.4) is 0 Å². The number of fused-ring (bicyclic) bond motifs is 2. The van der Waals surface area contributed by atoms with Gasteiger partial charge in [-0.1, -0.05) is 48.5 Å². The summed E-state index contributed by atoms with van der Waals surface area (Å²) in [6, 6.07) is 20.4. The zero-order chi connectivity index (χ0) is 17.6. The quantitative estimate of drug-likeness (QED) is 0.228. The molecule has 2 amide bonds. The van der Waals surface area contributed by atoms with Crippen LogP contribution in [-0.4, -0.2) is 23.8 Å². The third-order valence-electron chi connectivity index (χ3n) is 5.72. The summed E-state index contributed by atoms with van der Waals surface area (Å²) in [5, 5.41) is 8.74. The summed E-state index contributed by atoms with van der Waals surface area (Å²) in [5.74, 6) is -0.466. The summed E-state index contributed by atoms with van der Waals surface area (Å²) in [5.41, 5.74) is 1.21. The third kappa shape index (κ3) is 1.41. The topological polar surface area (TPSA) is 37.4 Å². The van der Waals surface area contributed by atoms with Crippen molar-refractivity contribution >= 4 is 54.9 Å². The van der Waals surface area contributed by atoms with E-state index in [0.717, 1.165) is 32.3 Å². The minimum absolute atomic E-state index is 0.233. The smallest absolute Gasteiger partial charge is 0.261 e. The molecule has 5 aromatic rings. The molecule has 0 saturated carbocycles. The Morgan fingerprint density at radius 3 is 1.62 bits per heavy atom. The van der Waals surface area contributed by atoms with Crippen molar-refractivity contribution in [3.05, 3.63) is 71.8 Å². The van der Waals surface area contributed by atoms with E-state index in [2.05, 4.69) is 36.4 Å². The van der Waals surface area contributed by atoms with Crippen LogP contribution in [0, 0.1) is 0 Å². The lowest BCUT2D eigenvalue weighted by Crippen LogP contribution is -2.36. The standard InChI is InChI=1S/C23H13NO2/c1-24-22(25)17-10-8-15-13-6-2-4-12-5-3-7-14(19(12)13)16-9-11-18(23(24)26)21(17)20(15)16/h2-11H,1H3. The highest BCUT2D eigenvalue weighted by atomic mass is 16.2. The Hall–Kier alpha value is -3.46. The second kappa shape index (κ2) is 4.38. The van der Waals surface area contributed by atoms with Gasteiger partial charge in [-0.3, -0.25) is 14.5 Å². The SMILES string of the molecule is CN1C(=O)c2ccc3c4cccc5cccc(c6ccc(c2c36)C1=O)c54. The fourth-order valence-corrected chi connectivity index (χ4v) is 4.54. The van der Waals surface area contributed by atoms with E-state index in [1.165, 1.54) is 15.7 Å². The highest BCUT2D eigenvalue weighted by Crippen LogP contribution is 2.43. The van der Waals surface area contributed by atoms with Crippen molar-refractivity contribution < 1.29 is 9.59 Å². The van der Waals surface area contributed by atoms with Gasteiger partial charge in [0, 0.05) is 23.6 Å². The third-order valence-corrected chi connectivity index (χ3v) is 5.72. The number of nitrogens with zero attached hydrogens (tertiary/aromatic N) is 1. The van der Waals surface area contributed by atoms with Crippen LogP contribution < -0.4 is 0 Å². The lowest BCUT2D eigenvalue weighted by atomic mass is 9.85. The number of carbonyl (C=O) groups excluding carboxylic acids is 2. The maximum Gasteiger partial charge on any atom is 0.261 e. The molecule has 0 radical (unpaired) electrons. The van der Waals surface area contributed by atoms with Gasteiger partial charge in [0.2, 0.25) is 0 Å². The Morgan fingerprint density at radius 2 is 1.08 bits per heavy atom. The van der Waals surface area contributed by atoms with Crippen molar-refractivity contribution in [3.8, 4) is 0 Å². The number of hydrogen-bond acceptors (Lipinski definition) is 2. The van der Waals surface area contributed by atoms with Gasteiger partial charge in [0.05, 0.1) is 0 Å². The summed E-state index contributed by atoms with van der Waals surface area (Å²) in [7, 11) is 1.54. The first-order valence-electron chi connectivity index (χ1n) is 8.61. The molecule has 122 valence electrons. The molecule has 0 N–H and O–H groups in total. The molecule has 1 heterocycles. The number of hydrogen-bond donors (Lipinski definition) is 0. The van der Waals surface area contributed by atoms with Crippen LogP contribution >= 0.6 is 0 Å². The zero-order valence-electron chi connectivity index (χ0n) is 14.0. The Balaban J connectivity index is 2.00. The van der Waals surface area contributed by atoms with Crippen molar-refractivity contribution in [1.82, 2.24) is 4.90 Å². The van der Waals surface area contributed by atoms with E-state index in [1.807, 2.05) is 24.3 Å². The van der Waals surface area contributed by atoms with Gasteiger partial charge in [-0.05, 0) is 49.8 Å². The van der Waals surface area contributed by atoms with Gasteiger partial charge in [-0.15, -0.1) is 0 Å². The number of carbonyl (C=O) groups is 2. The number of rotatable bonds is 0. The molecule has 1 aliphatic rings. The predicted octanol–water partition coefficient (Wildman–Crippen LogP) is 4.96. The summed E-state index contributed by atoms with van der Waals surface area (Å²) in [4.78, 5) is 26.6. The molecule has 3 nitrogen and oxygen atoms in total. The molecule has 1 aliphatic heterocycles. The van der Waals surface area contributed by atoms with E-state index in [4.69, 9.17) is 0 Å². The fourth-order valence-electron chi connectivity index (χ4n) is 4.54. The molecule has 5 aromatic carbocycles. The molecule has 3 heteroatoms. The maximum absolute atomic E-state index is 12.7. The average molecular weight is 335 g/mol. The van der Waals surface area contributed by atoms with Crippen molar-refractivity contribution in [2.75, 3.05) is 7.05 Å². The molecule has 0 fully saturated rings. The van der Waals surface area contributed by atoms with Crippen LogP contribution in [0.2, 0.25) is 0 Å². The predicted molar refractivity (Wildman–Crippen MR) is 104 cm³/mol. The van der Waals surface area contributed by atoms with Crippen LogP contribution in [0.4, 0.5) is 0 Å². The normalized spacial score (nSPS) is 14.4. The van der Waals surface area contributed by atoms with Crippen LogP contribution in [-0.2, 0) is 0 Å². The molecular weight excluding hydrogens is 322 g/mol. The minimum Gasteiger partial charge on any atom is -0.277 e. The van der Waals surface area contributed by atoms with Gasteiger partial charge in [-0.2, -0.15) is 0 Å². The highest BCUT2D eigenvalue weighted by molar-refractivity contribution is 6.38. The number of amides is 2. The monoisotopic (exact) mass is 335 g/mol. The van der Waals surface area contributed by atoms with E-state index in [-0.39, 0.29) is 11.8 Å². The van der Waals surface area contributed by atoms with Crippen LogP contribution in [0.1, 0.15) is 20.7 Å². The average Bonchev–Trinajstić information content (AvgIpc) is 2.68. The van der Waals surface area contributed by atoms with E-state index in [1.54, 1.807) is 7.05 Å². The van der Waals surface area contributed by atoms with E-state index in [0.29, 0.717) is 11.1 Å². The van der Waals surface area contributed by atoms with Gasteiger partial charge in [0.25, 0.3) is 11.8 Å². The summed E-state index contributed by atoms with van der Waals surface area (Å²) in [6.07, 6.45) is 0. The zero-order valence-corrected chi connectivity index (χ0v) is 14.0. The molecule has 6 rings (SSSR count). The van der Waals surface area contributed by atoms with Crippen molar-refractivity contribution in [2.24, 2.45) is 0 Å². The molecular formula is C23H13NO2. The van der Waals surface area contributed by atoms with Gasteiger partial charge in [-0.25, -0.2) is 0 Å². The molecule has 0 unspecified atom stereocenters.